The van der Waals surface area contributed by atoms with E-state index in [0.717, 1.165) is 37.7 Å². The SMILES string of the molecule is CCCCCOc1ccc(-c2ccc(-c3ccc(COC4OCC(CCCCC)CO4)c(F)c3)cc2)c(F)c1F. The molecule has 0 aromatic heterocycles. The Balaban J connectivity index is 1.33. The average molecular weight is 557 g/mol. The highest BCUT2D eigenvalue weighted by atomic mass is 19.2. The highest BCUT2D eigenvalue weighted by Gasteiger charge is 2.23. The molecule has 1 aliphatic heterocycles. The van der Waals surface area contributed by atoms with Crippen molar-refractivity contribution in [2.75, 3.05) is 19.8 Å². The molecule has 0 bridgehead atoms. The number of rotatable bonds is 14. The van der Waals surface area contributed by atoms with E-state index < -0.39 is 23.9 Å². The van der Waals surface area contributed by atoms with E-state index >= 15 is 0 Å². The van der Waals surface area contributed by atoms with Crippen LogP contribution in [0.2, 0.25) is 0 Å². The van der Waals surface area contributed by atoms with Crippen LogP contribution >= 0.6 is 0 Å². The van der Waals surface area contributed by atoms with E-state index in [9.17, 15) is 13.2 Å². The van der Waals surface area contributed by atoms with E-state index in [1.807, 2.05) is 0 Å². The maximum atomic E-state index is 14.9. The van der Waals surface area contributed by atoms with E-state index in [0.29, 0.717) is 42.4 Å². The number of ether oxygens (including phenoxy) is 4. The summed E-state index contributed by atoms with van der Waals surface area (Å²) in [5.74, 6) is -2.06. The molecular weight excluding hydrogens is 517 g/mol. The van der Waals surface area contributed by atoms with Gasteiger partial charge in [0.05, 0.1) is 26.4 Å². The predicted octanol–water partition coefficient (Wildman–Crippen LogP) is 9.05. The second-order valence-corrected chi connectivity index (χ2v) is 10.3. The van der Waals surface area contributed by atoms with E-state index in [2.05, 4.69) is 13.8 Å². The second kappa shape index (κ2) is 15.2. The van der Waals surface area contributed by atoms with Crippen molar-refractivity contribution in [3.05, 3.63) is 77.6 Å². The topological polar surface area (TPSA) is 36.9 Å². The Bertz CT molecular complexity index is 1210. The zero-order valence-electron chi connectivity index (χ0n) is 23.4. The van der Waals surface area contributed by atoms with Gasteiger partial charge in [-0.3, -0.25) is 0 Å². The third-order valence-electron chi connectivity index (χ3n) is 7.16. The van der Waals surface area contributed by atoms with Crippen molar-refractivity contribution in [2.45, 2.75) is 71.9 Å². The Morgan fingerprint density at radius 1 is 0.750 bits per heavy atom. The maximum Gasteiger partial charge on any atom is 0.271 e. The monoisotopic (exact) mass is 556 g/mol. The van der Waals surface area contributed by atoms with Gasteiger partial charge in [0.2, 0.25) is 5.82 Å². The van der Waals surface area contributed by atoms with Gasteiger partial charge in [0.15, 0.2) is 11.6 Å². The Hall–Kier alpha value is -2.87. The highest BCUT2D eigenvalue weighted by Crippen LogP contribution is 2.32. The minimum atomic E-state index is -0.992. The van der Waals surface area contributed by atoms with Crippen molar-refractivity contribution >= 4 is 0 Å². The first-order valence-corrected chi connectivity index (χ1v) is 14.3. The molecule has 7 heteroatoms. The summed E-state index contributed by atoms with van der Waals surface area (Å²) in [5.41, 5.74) is 2.47. The molecule has 0 N–H and O–H groups in total. The molecule has 4 rings (SSSR count). The van der Waals surface area contributed by atoms with Crippen molar-refractivity contribution in [1.82, 2.24) is 0 Å². The molecule has 4 nitrogen and oxygen atoms in total. The molecular formula is C33H39F3O4. The van der Waals surface area contributed by atoms with E-state index in [4.69, 9.17) is 18.9 Å². The number of hydrogen-bond acceptors (Lipinski definition) is 4. The van der Waals surface area contributed by atoms with Gasteiger partial charge < -0.3 is 18.9 Å². The van der Waals surface area contributed by atoms with Crippen LogP contribution in [0.5, 0.6) is 5.75 Å². The summed E-state index contributed by atoms with van der Waals surface area (Å²) in [6, 6.07) is 14.8. The Kier molecular flexibility index (Phi) is 11.5. The summed E-state index contributed by atoms with van der Waals surface area (Å²) in [4.78, 5) is 0. The summed E-state index contributed by atoms with van der Waals surface area (Å²) >= 11 is 0. The van der Waals surface area contributed by atoms with Crippen molar-refractivity contribution in [2.24, 2.45) is 5.92 Å². The summed E-state index contributed by atoms with van der Waals surface area (Å²) in [6.45, 7) is 4.99. The molecule has 3 aromatic carbocycles. The van der Waals surface area contributed by atoms with Crippen molar-refractivity contribution in [3.63, 3.8) is 0 Å². The van der Waals surface area contributed by atoms with Gasteiger partial charge in [-0.05, 0) is 47.7 Å². The van der Waals surface area contributed by atoms with E-state index in [1.165, 1.54) is 31.0 Å². The molecule has 1 saturated heterocycles. The van der Waals surface area contributed by atoms with Crippen LogP contribution in [0.4, 0.5) is 13.2 Å². The van der Waals surface area contributed by atoms with Crippen LogP contribution in [0.25, 0.3) is 22.3 Å². The van der Waals surface area contributed by atoms with Gasteiger partial charge in [0.25, 0.3) is 6.48 Å². The van der Waals surface area contributed by atoms with Crippen LogP contribution in [0.1, 0.15) is 64.4 Å². The molecule has 0 aliphatic carbocycles. The second-order valence-electron chi connectivity index (χ2n) is 10.3. The molecule has 0 atom stereocenters. The van der Waals surface area contributed by atoms with Gasteiger partial charge in [-0.25, -0.2) is 8.78 Å². The first-order valence-electron chi connectivity index (χ1n) is 14.3. The summed E-state index contributed by atoms with van der Waals surface area (Å²) in [6.07, 6.45) is 7.40. The van der Waals surface area contributed by atoms with Crippen LogP contribution in [-0.2, 0) is 20.8 Å². The minimum absolute atomic E-state index is 0.0272. The smallest absolute Gasteiger partial charge is 0.271 e. The molecule has 40 heavy (non-hydrogen) atoms. The van der Waals surface area contributed by atoms with Gasteiger partial charge in [0.1, 0.15) is 5.82 Å². The fraction of sp³-hybridized carbons (Fsp3) is 0.455. The molecule has 1 aliphatic rings. The van der Waals surface area contributed by atoms with Gasteiger partial charge in [-0.15, -0.1) is 0 Å². The van der Waals surface area contributed by atoms with Gasteiger partial charge >= 0.3 is 0 Å². The van der Waals surface area contributed by atoms with Crippen LogP contribution in [0, 0.1) is 23.4 Å². The summed E-state index contributed by atoms with van der Waals surface area (Å²) in [5, 5.41) is 0. The van der Waals surface area contributed by atoms with E-state index in [-0.39, 0.29) is 17.9 Å². The number of benzene rings is 3. The van der Waals surface area contributed by atoms with Gasteiger partial charge in [-0.2, -0.15) is 4.39 Å². The molecule has 216 valence electrons. The summed E-state index contributed by atoms with van der Waals surface area (Å²) in [7, 11) is 0. The Morgan fingerprint density at radius 3 is 2.12 bits per heavy atom. The van der Waals surface area contributed by atoms with Crippen molar-refractivity contribution < 1.29 is 32.1 Å². The molecule has 1 fully saturated rings. The van der Waals surface area contributed by atoms with Gasteiger partial charge in [-0.1, -0.05) is 82.3 Å². The van der Waals surface area contributed by atoms with Crippen LogP contribution in [0.15, 0.2) is 54.6 Å². The number of hydrogen-bond donors (Lipinski definition) is 0. The lowest BCUT2D eigenvalue weighted by molar-refractivity contribution is -0.326. The standard InChI is InChI=1S/C33H39F3O4/c1-3-5-7-9-23-20-38-33(39-21-23)40-22-27-15-14-26(19-29(27)34)24-10-12-25(13-11-24)28-16-17-30(32(36)31(28)35)37-18-8-6-4-2/h10-17,19,23,33H,3-9,18,20-22H2,1-2H3. The lowest BCUT2D eigenvalue weighted by Crippen LogP contribution is -2.33. The molecule has 0 saturated carbocycles. The zero-order chi connectivity index (χ0) is 28.3. The minimum Gasteiger partial charge on any atom is -0.490 e. The number of halogens is 3. The quantitative estimate of drug-likeness (QED) is 0.186. The van der Waals surface area contributed by atoms with E-state index in [1.54, 1.807) is 36.4 Å². The Morgan fingerprint density at radius 2 is 1.43 bits per heavy atom. The molecule has 1 heterocycles. The normalized spacial score (nSPS) is 17.2. The van der Waals surface area contributed by atoms with Crippen LogP contribution < -0.4 is 4.74 Å². The lowest BCUT2D eigenvalue weighted by atomic mass is 9.99. The lowest BCUT2D eigenvalue weighted by Gasteiger charge is -2.29. The largest absolute Gasteiger partial charge is 0.490 e. The van der Waals surface area contributed by atoms with Crippen LogP contribution in [-0.4, -0.2) is 26.3 Å². The average Bonchev–Trinajstić information content (AvgIpc) is 2.98. The predicted molar refractivity (Wildman–Crippen MR) is 150 cm³/mol. The highest BCUT2D eigenvalue weighted by molar-refractivity contribution is 5.71. The Labute approximate surface area is 235 Å². The molecule has 0 spiro atoms. The third-order valence-corrected chi connectivity index (χ3v) is 7.16. The fourth-order valence-electron chi connectivity index (χ4n) is 4.72. The van der Waals surface area contributed by atoms with Crippen molar-refractivity contribution in [1.29, 1.82) is 0 Å². The first-order chi connectivity index (χ1) is 19.5. The van der Waals surface area contributed by atoms with Gasteiger partial charge in [0, 0.05) is 17.0 Å². The molecule has 0 unspecified atom stereocenters. The van der Waals surface area contributed by atoms with Crippen LogP contribution in [0.3, 0.4) is 0 Å². The first kappa shape index (κ1) is 30.1. The molecule has 3 aromatic rings. The van der Waals surface area contributed by atoms with Crippen molar-refractivity contribution in [3.8, 4) is 28.0 Å². The maximum absolute atomic E-state index is 14.9. The fourth-order valence-corrected chi connectivity index (χ4v) is 4.72. The summed E-state index contributed by atoms with van der Waals surface area (Å²) < 4.78 is 66.6. The number of unbranched alkanes of at least 4 members (excludes halogenated alkanes) is 4. The third kappa shape index (κ3) is 8.09. The molecule has 0 radical (unpaired) electrons. The zero-order valence-corrected chi connectivity index (χ0v) is 23.4. The molecule has 0 amide bonds.